The number of nitrogens with one attached hydrogen (secondary N) is 1. The number of esters is 1. The second kappa shape index (κ2) is 9.91. The summed E-state index contributed by atoms with van der Waals surface area (Å²) in [5, 5.41) is 13.1. The highest BCUT2D eigenvalue weighted by Gasteiger charge is 2.10. The molecular formula is C19H20N2O6. The molecule has 27 heavy (non-hydrogen) atoms. The molecule has 0 fully saturated rings. The lowest BCUT2D eigenvalue weighted by atomic mass is 10.2. The second-order valence-electron chi connectivity index (χ2n) is 5.78. The molecular weight excluding hydrogens is 352 g/mol. The van der Waals surface area contributed by atoms with Gasteiger partial charge in [0.2, 0.25) is 0 Å². The SMILES string of the molecule is Cc1ccc(OCCCC(=O)OCC(=O)Nc2cccc([N+](=O)[O-])c2)cc1. The first kappa shape index (κ1) is 19.9. The van der Waals surface area contributed by atoms with Crippen LogP contribution in [0.4, 0.5) is 11.4 Å². The Hall–Kier alpha value is -3.42. The van der Waals surface area contributed by atoms with Gasteiger partial charge >= 0.3 is 5.97 Å². The molecule has 0 spiro atoms. The first-order valence-electron chi connectivity index (χ1n) is 8.33. The fraction of sp³-hybridized carbons (Fsp3) is 0.263. The van der Waals surface area contributed by atoms with Gasteiger partial charge in [-0.3, -0.25) is 19.7 Å². The maximum atomic E-state index is 11.8. The van der Waals surface area contributed by atoms with Crippen molar-refractivity contribution in [2.45, 2.75) is 19.8 Å². The summed E-state index contributed by atoms with van der Waals surface area (Å²) >= 11 is 0. The van der Waals surface area contributed by atoms with Gasteiger partial charge < -0.3 is 14.8 Å². The van der Waals surface area contributed by atoms with Crippen molar-refractivity contribution < 1.29 is 24.0 Å². The van der Waals surface area contributed by atoms with Crippen LogP contribution >= 0.6 is 0 Å². The number of ether oxygens (including phenoxy) is 2. The number of nitrogens with zero attached hydrogens (tertiary/aromatic N) is 1. The Kier molecular flexibility index (Phi) is 7.30. The van der Waals surface area contributed by atoms with Crippen LogP contribution in [0.1, 0.15) is 18.4 Å². The molecule has 1 N–H and O–H groups in total. The Balaban J connectivity index is 1.64. The van der Waals surface area contributed by atoms with Gasteiger partial charge in [0, 0.05) is 24.2 Å². The summed E-state index contributed by atoms with van der Waals surface area (Å²) in [5.74, 6) is -0.359. The first-order valence-corrected chi connectivity index (χ1v) is 8.33. The van der Waals surface area contributed by atoms with Gasteiger partial charge in [-0.15, -0.1) is 0 Å². The predicted molar refractivity (Wildman–Crippen MR) is 98.6 cm³/mol. The highest BCUT2D eigenvalue weighted by molar-refractivity contribution is 5.93. The molecule has 0 unspecified atom stereocenters. The topological polar surface area (TPSA) is 108 Å². The number of nitro groups is 1. The average Bonchev–Trinajstić information content (AvgIpc) is 2.65. The van der Waals surface area contributed by atoms with Crippen LogP contribution in [-0.4, -0.2) is 30.0 Å². The van der Waals surface area contributed by atoms with Gasteiger partial charge in [0.05, 0.1) is 11.5 Å². The lowest BCUT2D eigenvalue weighted by Gasteiger charge is -2.08. The van der Waals surface area contributed by atoms with E-state index in [1.807, 2.05) is 31.2 Å². The van der Waals surface area contributed by atoms with Gasteiger partial charge in [0.15, 0.2) is 6.61 Å². The summed E-state index contributed by atoms with van der Waals surface area (Å²) in [6, 6.07) is 13.1. The Morgan fingerprint density at radius 1 is 1.15 bits per heavy atom. The molecule has 0 radical (unpaired) electrons. The fourth-order valence-corrected chi connectivity index (χ4v) is 2.15. The number of amides is 1. The van der Waals surface area contributed by atoms with Crippen molar-refractivity contribution in [3.8, 4) is 5.75 Å². The zero-order valence-corrected chi connectivity index (χ0v) is 14.8. The van der Waals surface area contributed by atoms with Crippen molar-refractivity contribution in [2.75, 3.05) is 18.5 Å². The number of aryl methyl sites for hydroxylation is 1. The van der Waals surface area contributed by atoms with E-state index in [1.54, 1.807) is 0 Å². The zero-order chi connectivity index (χ0) is 19.6. The van der Waals surface area contributed by atoms with Gasteiger partial charge in [-0.05, 0) is 31.5 Å². The molecule has 0 aliphatic heterocycles. The maximum Gasteiger partial charge on any atom is 0.306 e. The van der Waals surface area contributed by atoms with Crippen molar-refractivity contribution >= 4 is 23.3 Å². The number of nitro benzene ring substituents is 1. The van der Waals surface area contributed by atoms with Crippen LogP contribution in [-0.2, 0) is 14.3 Å². The molecule has 2 aromatic rings. The number of rotatable bonds is 9. The number of hydrogen-bond acceptors (Lipinski definition) is 6. The second-order valence-corrected chi connectivity index (χ2v) is 5.78. The zero-order valence-electron chi connectivity index (χ0n) is 14.8. The van der Waals surface area contributed by atoms with Crippen molar-refractivity contribution in [1.82, 2.24) is 0 Å². The monoisotopic (exact) mass is 372 g/mol. The van der Waals surface area contributed by atoms with E-state index in [9.17, 15) is 19.7 Å². The van der Waals surface area contributed by atoms with E-state index >= 15 is 0 Å². The molecule has 0 saturated carbocycles. The summed E-state index contributed by atoms with van der Waals surface area (Å²) in [7, 11) is 0. The van der Waals surface area contributed by atoms with E-state index in [2.05, 4.69) is 5.32 Å². The minimum Gasteiger partial charge on any atom is -0.494 e. The number of non-ortho nitro benzene ring substituents is 1. The van der Waals surface area contributed by atoms with Crippen molar-refractivity contribution in [2.24, 2.45) is 0 Å². The van der Waals surface area contributed by atoms with Gasteiger partial charge in [-0.2, -0.15) is 0 Å². The van der Waals surface area contributed by atoms with E-state index in [4.69, 9.17) is 9.47 Å². The minimum atomic E-state index is -0.570. The van der Waals surface area contributed by atoms with Gasteiger partial charge in [-0.25, -0.2) is 0 Å². The van der Waals surface area contributed by atoms with E-state index in [0.29, 0.717) is 13.0 Å². The molecule has 0 bridgehead atoms. The number of carbonyl (C=O) groups is 2. The normalized spacial score (nSPS) is 10.1. The summed E-state index contributed by atoms with van der Waals surface area (Å²) < 4.78 is 10.4. The summed E-state index contributed by atoms with van der Waals surface area (Å²) in [5.41, 5.74) is 1.25. The van der Waals surface area contributed by atoms with Gasteiger partial charge in [0.25, 0.3) is 11.6 Å². The standard InChI is InChI=1S/C19H20N2O6/c1-14-7-9-17(10-8-14)26-11-3-6-19(23)27-13-18(22)20-15-4-2-5-16(12-15)21(24)25/h2,4-5,7-10,12H,3,6,11,13H2,1H3,(H,20,22). The number of anilines is 1. The van der Waals surface area contributed by atoms with Gasteiger partial charge in [-0.1, -0.05) is 23.8 Å². The third kappa shape index (κ3) is 7.15. The molecule has 1 amide bonds. The van der Waals surface area contributed by atoms with Crippen molar-refractivity contribution in [1.29, 1.82) is 0 Å². The lowest BCUT2D eigenvalue weighted by molar-refractivity contribution is -0.384. The number of carbonyl (C=O) groups excluding carboxylic acids is 2. The molecule has 8 nitrogen and oxygen atoms in total. The molecule has 0 atom stereocenters. The molecule has 8 heteroatoms. The van der Waals surface area contributed by atoms with Crippen LogP contribution in [0.5, 0.6) is 5.75 Å². The number of hydrogen-bond donors (Lipinski definition) is 1. The summed E-state index contributed by atoms with van der Waals surface area (Å²) in [6.07, 6.45) is 0.579. The Morgan fingerprint density at radius 2 is 1.89 bits per heavy atom. The molecule has 0 aromatic heterocycles. The minimum absolute atomic E-state index is 0.121. The number of benzene rings is 2. The van der Waals surface area contributed by atoms with Crippen molar-refractivity contribution in [3.05, 3.63) is 64.2 Å². The highest BCUT2D eigenvalue weighted by Crippen LogP contribution is 2.17. The molecule has 2 aromatic carbocycles. The van der Waals surface area contributed by atoms with Crippen LogP contribution in [0.15, 0.2) is 48.5 Å². The molecule has 2 rings (SSSR count). The lowest BCUT2D eigenvalue weighted by Crippen LogP contribution is -2.21. The van der Waals surface area contributed by atoms with Gasteiger partial charge in [0.1, 0.15) is 5.75 Å². The summed E-state index contributed by atoms with van der Waals surface area (Å²) in [4.78, 5) is 33.5. The molecule has 0 saturated heterocycles. The smallest absolute Gasteiger partial charge is 0.306 e. The van der Waals surface area contributed by atoms with E-state index < -0.39 is 23.4 Å². The molecule has 0 aliphatic rings. The molecule has 0 aliphatic carbocycles. The van der Waals surface area contributed by atoms with Crippen LogP contribution in [0.3, 0.4) is 0 Å². The Morgan fingerprint density at radius 3 is 2.59 bits per heavy atom. The van der Waals surface area contributed by atoms with Crippen LogP contribution < -0.4 is 10.1 Å². The third-order valence-corrected chi connectivity index (χ3v) is 3.52. The quantitative estimate of drug-likeness (QED) is 0.313. The first-order chi connectivity index (χ1) is 12.9. The fourth-order valence-electron chi connectivity index (χ4n) is 2.15. The third-order valence-electron chi connectivity index (χ3n) is 3.52. The predicted octanol–water partition coefficient (Wildman–Crippen LogP) is 3.24. The van der Waals surface area contributed by atoms with Crippen molar-refractivity contribution in [3.63, 3.8) is 0 Å². The maximum absolute atomic E-state index is 11.8. The molecule has 142 valence electrons. The largest absolute Gasteiger partial charge is 0.494 e. The van der Waals surface area contributed by atoms with Crippen LogP contribution in [0.25, 0.3) is 0 Å². The van der Waals surface area contributed by atoms with E-state index in [1.165, 1.54) is 24.3 Å². The Labute approximate surface area is 156 Å². The summed E-state index contributed by atoms with van der Waals surface area (Å²) in [6.45, 7) is 1.88. The van der Waals surface area contributed by atoms with E-state index in [0.717, 1.165) is 11.3 Å². The Bertz CT molecular complexity index is 804. The average molecular weight is 372 g/mol. The van der Waals surface area contributed by atoms with E-state index in [-0.39, 0.29) is 17.8 Å². The van der Waals surface area contributed by atoms with Crippen LogP contribution in [0, 0.1) is 17.0 Å². The highest BCUT2D eigenvalue weighted by atomic mass is 16.6. The molecule has 0 heterocycles. The van der Waals surface area contributed by atoms with Crippen LogP contribution in [0.2, 0.25) is 0 Å².